The number of phenols is 1. The summed E-state index contributed by atoms with van der Waals surface area (Å²) >= 11 is 0. The second kappa shape index (κ2) is 18.2. The van der Waals surface area contributed by atoms with Crippen molar-refractivity contribution in [2.24, 2.45) is 0 Å². The van der Waals surface area contributed by atoms with E-state index in [1.807, 2.05) is 18.3 Å². The summed E-state index contributed by atoms with van der Waals surface area (Å²) in [6, 6.07) is 61.5. The Bertz CT molecular complexity index is 3700. The second-order valence-corrected chi connectivity index (χ2v) is 24.3. The molecule has 0 unspecified atom stereocenters. The van der Waals surface area contributed by atoms with Crippen LogP contribution in [0.25, 0.3) is 94.6 Å². The maximum Gasteiger partial charge on any atom is 0.149 e. The van der Waals surface area contributed by atoms with Gasteiger partial charge in [-0.05, 0) is 161 Å². The molecule has 0 saturated carbocycles. The van der Waals surface area contributed by atoms with E-state index in [1.165, 1.54) is 33.0 Å². The van der Waals surface area contributed by atoms with E-state index in [9.17, 15) is 5.11 Å². The Kier molecular flexibility index (Phi) is 12.2. The summed E-state index contributed by atoms with van der Waals surface area (Å²) in [6.45, 7) is 29.4. The number of aryl methyl sites for hydroxylation is 1. The van der Waals surface area contributed by atoms with Gasteiger partial charge in [-0.25, -0.2) is 4.98 Å². The van der Waals surface area contributed by atoms with Gasteiger partial charge in [0.15, 0.2) is 0 Å². The predicted molar refractivity (Wildman–Crippen MR) is 310 cm³/mol. The molecule has 0 saturated heterocycles. The number of phenolic OH excluding ortho intramolecular Hbond substituents is 1. The van der Waals surface area contributed by atoms with Crippen molar-refractivity contribution in [2.45, 2.75) is 112 Å². The maximum atomic E-state index is 12.8. The van der Waals surface area contributed by atoms with E-state index in [0.29, 0.717) is 11.4 Å². The van der Waals surface area contributed by atoms with Crippen LogP contribution in [-0.2, 0) is 21.7 Å². The van der Waals surface area contributed by atoms with Gasteiger partial charge in [0.2, 0.25) is 0 Å². The number of aromatic nitrogens is 3. The van der Waals surface area contributed by atoms with E-state index >= 15 is 0 Å². The normalized spacial score (nSPS) is 12.5. The average molecular weight is 956 g/mol. The van der Waals surface area contributed by atoms with Gasteiger partial charge in [0.1, 0.15) is 11.6 Å². The van der Waals surface area contributed by atoms with Crippen LogP contribution in [0.15, 0.2) is 176 Å². The van der Waals surface area contributed by atoms with Crippen LogP contribution >= 0.6 is 0 Å². The van der Waals surface area contributed by atoms with Crippen LogP contribution in [-0.4, -0.2) is 19.6 Å². The molecule has 0 aliphatic rings. The highest BCUT2D eigenvalue weighted by Crippen LogP contribution is 2.46. The third-order valence-corrected chi connectivity index (χ3v) is 14.6. The summed E-state index contributed by atoms with van der Waals surface area (Å²) in [5, 5.41) is 15.2. The Hall–Kier alpha value is -7.56. The van der Waals surface area contributed by atoms with E-state index in [-0.39, 0.29) is 27.4 Å². The van der Waals surface area contributed by atoms with E-state index in [1.54, 1.807) is 0 Å². The summed E-state index contributed by atoms with van der Waals surface area (Å²) in [4.78, 5) is 10.6. The Morgan fingerprint density at radius 1 is 0.438 bits per heavy atom. The number of nitrogens with zero attached hydrogens (tertiary/aromatic N) is 3. The van der Waals surface area contributed by atoms with Crippen molar-refractivity contribution in [1.29, 1.82) is 0 Å². The van der Waals surface area contributed by atoms with Crippen molar-refractivity contribution in [3.63, 3.8) is 0 Å². The minimum absolute atomic E-state index is 0.00933. The van der Waals surface area contributed by atoms with Crippen molar-refractivity contribution in [3.8, 4) is 78.6 Å². The third kappa shape index (κ3) is 9.52. The number of pyridine rings is 1. The van der Waals surface area contributed by atoms with Gasteiger partial charge in [-0.3, -0.25) is 9.55 Å². The van der Waals surface area contributed by atoms with Crippen LogP contribution in [0.1, 0.15) is 111 Å². The van der Waals surface area contributed by atoms with Crippen molar-refractivity contribution in [3.05, 3.63) is 204 Å². The molecule has 1 N–H and O–H groups in total. The van der Waals surface area contributed by atoms with Gasteiger partial charge < -0.3 is 5.11 Å². The molecule has 8 aromatic carbocycles. The highest BCUT2D eigenvalue weighted by Gasteiger charge is 2.28. The van der Waals surface area contributed by atoms with Crippen LogP contribution in [0.2, 0.25) is 0 Å². The van der Waals surface area contributed by atoms with Gasteiger partial charge in [-0.15, -0.1) is 0 Å². The van der Waals surface area contributed by atoms with E-state index < -0.39 is 0 Å². The van der Waals surface area contributed by atoms with Crippen molar-refractivity contribution >= 4 is 21.8 Å². The minimum atomic E-state index is -0.155. The molecule has 73 heavy (non-hydrogen) atoms. The summed E-state index contributed by atoms with van der Waals surface area (Å²) in [5.41, 5.74) is 19.7. The molecule has 0 radical (unpaired) electrons. The summed E-state index contributed by atoms with van der Waals surface area (Å²) in [5.74, 6) is 0.837. The molecule has 366 valence electrons. The Labute approximate surface area is 433 Å². The molecule has 0 bridgehead atoms. The molecule has 2 aromatic heterocycles. The maximum absolute atomic E-state index is 12.8. The van der Waals surface area contributed by atoms with Crippen LogP contribution < -0.4 is 0 Å². The molecule has 0 aliphatic carbocycles. The first-order chi connectivity index (χ1) is 34.5. The topological polar surface area (TPSA) is 50.9 Å². The Morgan fingerprint density at radius 3 is 1.73 bits per heavy atom. The molecule has 4 nitrogen and oxygen atoms in total. The van der Waals surface area contributed by atoms with E-state index in [0.717, 1.165) is 78.0 Å². The van der Waals surface area contributed by atoms with Gasteiger partial charge in [0, 0.05) is 23.0 Å². The monoisotopic (exact) mass is 956 g/mol. The average Bonchev–Trinajstić information content (AvgIpc) is 3.74. The number of benzene rings is 8. The number of aromatic hydroxyl groups is 1. The largest absolute Gasteiger partial charge is 0.507 e. The molecule has 0 atom stereocenters. The van der Waals surface area contributed by atoms with Crippen LogP contribution in [0, 0.1) is 6.92 Å². The van der Waals surface area contributed by atoms with Gasteiger partial charge in [-0.2, -0.15) is 0 Å². The lowest BCUT2D eigenvalue weighted by molar-refractivity contribution is 0.477. The summed E-state index contributed by atoms with van der Waals surface area (Å²) < 4.78 is 2.31. The molecule has 10 rings (SSSR count). The molecule has 2 heterocycles. The number of fused-ring (bicyclic) bond motifs is 2. The first-order valence-electron chi connectivity index (χ1n) is 25.9. The van der Waals surface area contributed by atoms with Crippen LogP contribution in [0.3, 0.4) is 0 Å². The smallest absolute Gasteiger partial charge is 0.149 e. The summed E-state index contributed by atoms with van der Waals surface area (Å²) in [7, 11) is 0. The van der Waals surface area contributed by atoms with Crippen LogP contribution in [0.4, 0.5) is 0 Å². The zero-order valence-electron chi connectivity index (χ0n) is 45.0. The highest BCUT2D eigenvalue weighted by molar-refractivity contribution is 6.03. The molecule has 0 aliphatic heterocycles. The number of hydrogen-bond acceptors (Lipinski definition) is 3. The number of rotatable bonds is 7. The fourth-order valence-electron chi connectivity index (χ4n) is 10.4. The first-order valence-corrected chi connectivity index (χ1v) is 25.9. The third-order valence-electron chi connectivity index (χ3n) is 14.6. The quantitative estimate of drug-likeness (QED) is 0.173. The minimum Gasteiger partial charge on any atom is -0.507 e. The zero-order chi connectivity index (χ0) is 51.8. The van der Waals surface area contributed by atoms with Gasteiger partial charge in [-0.1, -0.05) is 198 Å². The van der Waals surface area contributed by atoms with Crippen molar-refractivity contribution < 1.29 is 5.11 Å². The molecule has 4 heteroatoms. The van der Waals surface area contributed by atoms with Crippen molar-refractivity contribution in [2.75, 3.05) is 0 Å². The first kappa shape index (κ1) is 49.0. The standard InChI is InChI=1S/C69H69N3O/c1-43-32-33-70-60(34-43)47-23-19-22-45(35-47)58-37-49(55-25-18-17-24-54(55)44-20-15-14-16-21-44)38-61-64(58)71-65(72(61)53-41-51(67(5,6)7)40-52(42-53)68(8,9)10)57-29-26-48(39-62(57)73)63-56-30-28-50(66(2,3)4)36-46(56)27-31-59(63)69(11,12)13/h14-42,73H,1-13H3. The zero-order valence-corrected chi connectivity index (χ0v) is 45.0. The van der Waals surface area contributed by atoms with Gasteiger partial charge in [0.25, 0.3) is 0 Å². The van der Waals surface area contributed by atoms with Crippen LogP contribution in [0.5, 0.6) is 5.75 Å². The van der Waals surface area contributed by atoms with Gasteiger partial charge >= 0.3 is 0 Å². The molecular formula is C69H69N3O. The lowest BCUT2D eigenvalue weighted by atomic mass is 9.78. The van der Waals surface area contributed by atoms with E-state index in [4.69, 9.17) is 9.97 Å². The fraction of sp³-hybridized carbons (Fsp3) is 0.246. The lowest BCUT2D eigenvalue weighted by Crippen LogP contribution is -2.17. The Morgan fingerprint density at radius 2 is 1.08 bits per heavy atom. The fourth-order valence-corrected chi connectivity index (χ4v) is 10.4. The Balaban J connectivity index is 1.30. The van der Waals surface area contributed by atoms with Crippen molar-refractivity contribution in [1.82, 2.24) is 14.5 Å². The highest BCUT2D eigenvalue weighted by atomic mass is 16.3. The van der Waals surface area contributed by atoms with Gasteiger partial charge in [0.05, 0.1) is 22.3 Å². The summed E-state index contributed by atoms with van der Waals surface area (Å²) in [6.07, 6.45) is 1.88. The molecule has 0 spiro atoms. The molecule has 10 aromatic rings. The second-order valence-electron chi connectivity index (χ2n) is 24.3. The SMILES string of the molecule is Cc1ccnc(-c2cccc(-c3cc(-c4ccccc4-c4ccccc4)cc4c3nc(-c3ccc(-c5c(C(C)(C)C)ccc6cc(C(C)(C)C)ccc56)cc3O)n4-c3cc(C(C)(C)C)cc(C(C)(C)C)c3)c2)c1. The number of hydrogen-bond donors (Lipinski definition) is 1. The molecule has 0 amide bonds. The lowest BCUT2D eigenvalue weighted by Gasteiger charge is -2.27. The molecular weight excluding hydrogens is 887 g/mol. The predicted octanol–water partition coefficient (Wildman–Crippen LogP) is 18.8. The van der Waals surface area contributed by atoms with E-state index in [2.05, 4.69) is 252 Å². The number of imidazole rings is 1. The molecule has 0 fully saturated rings.